The Hall–Kier alpha value is -0.710. The maximum absolute atomic E-state index is 10.8. The molecular formula is C7H7ClN2OS. The van der Waals surface area contributed by atoms with E-state index in [2.05, 4.69) is 0 Å². The SMILES string of the molecule is NSc1ccc(Cl)cc1C(N)=O. The summed E-state index contributed by atoms with van der Waals surface area (Å²) in [6, 6.07) is 4.81. The van der Waals surface area contributed by atoms with Gasteiger partial charge in [0, 0.05) is 9.92 Å². The lowest BCUT2D eigenvalue weighted by Gasteiger charge is -2.02. The van der Waals surface area contributed by atoms with Gasteiger partial charge in [-0.05, 0) is 30.1 Å². The van der Waals surface area contributed by atoms with Crippen molar-refractivity contribution in [2.45, 2.75) is 4.90 Å². The Kier molecular flexibility index (Phi) is 2.97. The van der Waals surface area contributed by atoms with Crippen LogP contribution >= 0.6 is 23.5 Å². The average molecular weight is 203 g/mol. The quantitative estimate of drug-likeness (QED) is 0.713. The van der Waals surface area contributed by atoms with Crippen LogP contribution in [0.1, 0.15) is 10.4 Å². The summed E-state index contributed by atoms with van der Waals surface area (Å²) in [5.74, 6) is -0.523. The van der Waals surface area contributed by atoms with E-state index in [1.165, 1.54) is 6.07 Å². The molecule has 1 aromatic rings. The summed E-state index contributed by atoms with van der Waals surface area (Å²) in [4.78, 5) is 11.5. The summed E-state index contributed by atoms with van der Waals surface area (Å²) in [6.07, 6.45) is 0. The molecule has 0 saturated heterocycles. The molecule has 0 bridgehead atoms. The van der Waals surface area contributed by atoms with Crippen LogP contribution in [0.3, 0.4) is 0 Å². The van der Waals surface area contributed by atoms with Gasteiger partial charge in [-0.1, -0.05) is 11.6 Å². The van der Waals surface area contributed by atoms with Crippen molar-refractivity contribution in [2.75, 3.05) is 0 Å². The molecule has 0 aliphatic carbocycles. The molecule has 0 aromatic heterocycles. The number of nitrogens with two attached hydrogens (primary N) is 2. The smallest absolute Gasteiger partial charge is 0.249 e. The van der Waals surface area contributed by atoms with Crippen LogP contribution in [0.5, 0.6) is 0 Å². The van der Waals surface area contributed by atoms with Crippen LogP contribution in [0.15, 0.2) is 23.1 Å². The van der Waals surface area contributed by atoms with E-state index in [0.717, 1.165) is 11.9 Å². The highest BCUT2D eigenvalue weighted by Crippen LogP contribution is 2.21. The number of benzene rings is 1. The fourth-order valence-electron chi connectivity index (χ4n) is 0.798. The molecule has 5 heteroatoms. The van der Waals surface area contributed by atoms with Gasteiger partial charge in [0.05, 0.1) is 5.56 Å². The second-order valence-corrected chi connectivity index (χ2v) is 3.23. The van der Waals surface area contributed by atoms with Crippen LogP contribution in [-0.4, -0.2) is 5.91 Å². The molecule has 1 rings (SSSR count). The number of hydrogen-bond donors (Lipinski definition) is 2. The first-order chi connectivity index (χ1) is 5.65. The summed E-state index contributed by atoms with van der Waals surface area (Å²) in [5.41, 5.74) is 5.45. The van der Waals surface area contributed by atoms with Gasteiger partial charge in [0.1, 0.15) is 0 Å². The first-order valence-electron chi connectivity index (χ1n) is 3.11. The zero-order chi connectivity index (χ0) is 9.14. The lowest BCUT2D eigenvalue weighted by Crippen LogP contribution is -2.12. The van der Waals surface area contributed by atoms with Crippen molar-refractivity contribution < 1.29 is 4.79 Å². The first kappa shape index (κ1) is 9.38. The van der Waals surface area contributed by atoms with Crippen molar-refractivity contribution in [3.8, 4) is 0 Å². The minimum atomic E-state index is -0.523. The van der Waals surface area contributed by atoms with Gasteiger partial charge in [-0.15, -0.1) is 0 Å². The molecule has 1 aromatic carbocycles. The number of hydrogen-bond acceptors (Lipinski definition) is 3. The molecule has 4 N–H and O–H groups in total. The highest BCUT2D eigenvalue weighted by molar-refractivity contribution is 7.97. The standard InChI is InChI=1S/C7H7ClN2OS/c8-4-1-2-6(12-10)5(3-4)7(9)11/h1-3H,10H2,(H2,9,11). The number of carbonyl (C=O) groups excluding carboxylic acids is 1. The van der Waals surface area contributed by atoms with Crippen LogP contribution in [-0.2, 0) is 0 Å². The minimum absolute atomic E-state index is 0.356. The van der Waals surface area contributed by atoms with Crippen LogP contribution in [0.25, 0.3) is 0 Å². The van der Waals surface area contributed by atoms with Gasteiger partial charge in [0.15, 0.2) is 0 Å². The fourth-order valence-corrected chi connectivity index (χ4v) is 1.40. The number of primary amides is 1. The average Bonchev–Trinajstić information content (AvgIpc) is 2.04. The summed E-state index contributed by atoms with van der Waals surface area (Å²) >= 11 is 6.63. The van der Waals surface area contributed by atoms with Crippen molar-refractivity contribution in [3.05, 3.63) is 28.8 Å². The van der Waals surface area contributed by atoms with Crippen LogP contribution in [0.2, 0.25) is 5.02 Å². The van der Waals surface area contributed by atoms with Crippen LogP contribution in [0, 0.1) is 0 Å². The Labute approximate surface area is 79.2 Å². The molecule has 0 saturated carbocycles. The molecule has 0 aliphatic heterocycles. The molecule has 0 spiro atoms. The maximum atomic E-state index is 10.8. The van der Waals surface area contributed by atoms with Gasteiger partial charge in [0.2, 0.25) is 5.91 Å². The molecule has 3 nitrogen and oxygen atoms in total. The number of amides is 1. The third kappa shape index (κ3) is 1.91. The molecule has 0 atom stereocenters. The zero-order valence-corrected chi connectivity index (χ0v) is 7.65. The molecule has 0 radical (unpaired) electrons. The van der Waals surface area contributed by atoms with E-state index < -0.39 is 5.91 Å². The molecule has 64 valence electrons. The molecule has 0 unspecified atom stereocenters. The largest absolute Gasteiger partial charge is 0.366 e. The van der Waals surface area contributed by atoms with Gasteiger partial charge in [-0.2, -0.15) is 0 Å². The molecule has 1 amide bonds. The van der Waals surface area contributed by atoms with Crippen LogP contribution < -0.4 is 10.9 Å². The van der Waals surface area contributed by atoms with Gasteiger partial charge in [-0.25, -0.2) is 0 Å². The second-order valence-electron chi connectivity index (χ2n) is 2.12. The van der Waals surface area contributed by atoms with Crippen molar-refractivity contribution in [1.29, 1.82) is 0 Å². The Morgan fingerprint density at radius 2 is 2.17 bits per heavy atom. The summed E-state index contributed by atoms with van der Waals surface area (Å²) in [5, 5.41) is 5.78. The van der Waals surface area contributed by atoms with E-state index in [4.69, 9.17) is 22.5 Å². The number of rotatable bonds is 2. The normalized spacial score (nSPS) is 9.83. The first-order valence-corrected chi connectivity index (χ1v) is 4.37. The molecule has 0 heterocycles. The Morgan fingerprint density at radius 1 is 1.50 bits per heavy atom. The van der Waals surface area contributed by atoms with E-state index in [-0.39, 0.29) is 0 Å². The highest BCUT2D eigenvalue weighted by Gasteiger charge is 2.07. The lowest BCUT2D eigenvalue weighted by molar-refractivity contribution is 0.0997. The Bertz CT molecular complexity index is 316. The van der Waals surface area contributed by atoms with Gasteiger partial charge in [0.25, 0.3) is 0 Å². The van der Waals surface area contributed by atoms with E-state index in [1.807, 2.05) is 0 Å². The minimum Gasteiger partial charge on any atom is -0.366 e. The van der Waals surface area contributed by atoms with E-state index >= 15 is 0 Å². The van der Waals surface area contributed by atoms with Crippen LogP contribution in [0.4, 0.5) is 0 Å². The van der Waals surface area contributed by atoms with Gasteiger partial charge >= 0.3 is 0 Å². The maximum Gasteiger partial charge on any atom is 0.249 e. The van der Waals surface area contributed by atoms with Gasteiger partial charge in [-0.3, -0.25) is 9.93 Å². The Balaban J connectivity index is 3.21. The molecule has 12 heavy (non-hydrogen) atoms. The summed E-state index contributed by atoms with van der Waals surface area (Å²) in [7, 11) is 0. The Morgan fingerprint density at radius 3 is 2.67 bits per heavy atom. The topological polar surface area (TPSA) is 69.1 Å². The summed E-state index contributed by atoms with van der Waals surface area (Å²) < 4.78 is 0. The second kappa shape index (κ2) is 3.80. The third-order valence-electron chi connectivity index (χ3n) is 1.33. The van der Waals surface area contributed by atoms with Crippen molar-refractivity contribution in [3.63, 3.8) is 0 Å². The summed E-state index contributed by atoms with van der Waals surface area (Å²) in [6.45, 7) is 0. The fraction of sp³-hybridized carbons (Fsp3) is 0. The van der Waals surface area contributed by atoms with Crippen molar-refractivity contribution in [2.24, 2.45) is 10.9 Å². The predicted molar refractivity (Wildman–Crippen MR) is 50.0 cm³/mol. The van der Waals surface area contributed by atoms with E-state index in [9.17, 15) is 4.79 Å². The molecule has 0 fully saturated rings. The van der Waals surface area contributed by atoms with E-state index in [0.29, 0.717) is 15.5 Å². The van der Waals surface area contributed by atoms with Crippen molar-refractivity contribution in [1.82, 2.24) is 0 Å². The highest BCUT2D eigenvalue weighted by atomic mass is 35.5. The number of halogens is 1. The third-order valence-corrected chi connectivity index (χ3v) is 2.18. The van der Waals surface area contributed by atoms with Crippen molar-refractivity contribution >= 4 is 29.5 Å². The molecule has 0 aliphatic rings. The predicted octanol–water partition coefficient (Wildman–Crippen LogP) is 1.40. The molecular weight excluding hydrogens is 196 g/mol. The zero-order valence-electron chi connectivity index (χ0n) is 6.08. The monoisotopic (exact) mass is 202 g/mol. The van der Waals surface area contributed by atoms with Gasteiger partial charge < -0.3 is 5.73 Å². The lowest BCUT2D eigenvalue weighted by atomic mass is 10.2. The van der Waals surface area contributed by atoms with E-state index in [1.54, 1.807) is 12.1 Å². The number of carbonyl (C=O) groups is 1.